The molecule has 0 spiro atoms. The van der Waals surface area contributed by atoms with E-state index in [1.54, 1.807) is 0 Å². The Balaban J connectivity index is 1.76. The molecular formula is C13H14N4OS. The highest BCUT2D eigenvalue weighted by Gasteiger charge is 2.30. The van der Waals surface area contributed by atoms with Gasteiger partial charge in [-0.3, -0.25) is 9.89 Å². The van der Waals surface area contributed by atoms with Gasteiger partial charge in [-0.05, 0) is 25.0 Å². The van der Waals surface area contributed by atoms with Crippen LogP contribution in [0.5, 0.6) is 0 Å². The molecule has 1 atom stereocenters. The number of H-pyrrole nitrogens is 1. The first-order valence-corrected chi connectivity index (χ1v) is 7.11. The lowest BCUT2D eigenvalue weighted by Crippen LogP contribution is -2.43. The molecule has 0 radical (unpaired) electrons. The van der Waals surface area contributed by atoms with E-state index in [4.69, 9.17) is 0 Å². The zero-order valence-electron chi connectivity index (χ0n) is 10.3. The molecule has 6 heteroatoms. The fourth-order valence-electron chi connectivity index (χ4n) is 2.20. The highest BCUT2D eigenvalue weighted by molar-refractivity contribution is 8.00. The number of nitrogens with one attached hydrogen (secondary N) is 1. The van der Waals surface area contributed by atoms with Crippen molar-refractivity contribution < 1.29 is 4.79 Å². The number of hydrogen-bond donors (Lipinski definition) is 1. The summed E-state index contributed by atoms with van der Waals surface area (Å²) in [6, 6.07) is 9.81. The second-order valence-electron chi connectivity index (χ2n) is 4.36. The molecule has 1 aliphatic rings. The number of para-hydroxylation sites is 1. The second-order valence-corrected chi connectivity index (χ2v) is 5.56. The number of aromatic amines is 1. The monoisotopic (exact) mass is 274 g/mol. The van der Waals surface area contributed by atoms with E-state index in [1.165, 1.54) is 18.1 Å². The topological polar surface area (TPSA) is 61.9 Å². The quantitative estimate of drug-likeness (QED) is 0.931. The summed E-state index contributed by atoms with van der Waals surface area (Å²) < 4.78 is 0. The van der Waals surface area contributed by atoms with Crippen LogP contribution in [0.15, 0.2) is 41.8 Å². The fourth-order valence-corrected chi connectivity index (χ4v) is 3.20. The number of anilines is 1. The average Bonchev–Trinajstić information content (AvgIpc) is 2.95. The summed E-state index contributed by atoms with van der Waals surface area (Å²) in [6.45, 7) is 0.788. The van der Waals surface area contributed by atoms with Crippen molar-refractivity contribution in [1.82, 2.24) is 15.2 Å². The maximum Gasteiger partial charge on any atom is 0.240 e. The first-order valence-electron chi connectivity index (χ1n) is 6.23. The molecule has 19 heavy (non-hydrogen) atoms. The van der Waals surface area contributed by atoms with Gasteiger partial charge >= 0.3 is 0 Å². The Morgan fingerprint density at radius 2 is 2.16 bits per heavy atom. The number of carbonyl (C=O) groups is 1. The van der Waals surface area contributed by atoms with Crippen LogP contribution in [-0.4, -0.2) is 32.9 Å². The highest BCUT2D eigenvalue weighted by Crippen LogP contribution is 2.30. The van der Waals surface area contributed by atoms with Gasteiger partial charge in [-0.25, -0.2) is 4.98 Å². The molecule has 1 N–H and O–H groups in total. The average molecular weight is 274 g/mol. The SMILES string of the molecule is O=C1C(Sc2ncn[nH]2)CCCN1c1ccccc1. The van der Waals surface area contributed by atoms with Gasteiger partial charge < -0.3 is 4.90 Å². The summed E-state index contributed by atoms with van der Waals surface area (Å²) >= 11 is 1.46. The van der Waals surface area contributed by atoms with Gasteiger partial charge in [0.1, 0.15) is 6.33 Å². The lowest BCUT2D eigenvalue weighted by Gasteiger charge is -2.31. The molecule has 1 aliphatic heterocycles. The first-order chi connectivity index (χ1) is 9.34. The molecule has 0 aliphatic carbocycles. The fraction of sp³-hybridized carbons (Fsp3) is 0.308. The number of aromatic nitrogens is 3. The number of thioether (sulfide) groups is 1. The van der Waals surface area contributed by atoms with Crippen LogP contribution in [-0.2, 0) is 4.79 Å². The minimum Gasteiger partial charge on any atom is -0.311 e. The number of nitrogens with zero attached hydrogens (tertiary/aromatic N) is 3. The molecule has 3 rings (SSSR count). The summed E-state index contributed by atoms with van der Waals surface area (Å²) in [5.74, 6) is 0.152. The molecule has 1 fully saturated rings. The van der Waals surface area contributed by atoms with Crippen LogP contribution in [0.2, 0.25) is 0 Å². The van der Waals surface area contributed by atoms with Gasteiger partial charge in [0.05, 0.1) is 5.25 Å². The largest absolute Gasteiger partial charge is 0.311 e. The summed E-state index contributed by atoms with van der Waals surface area (Å²) in [6.07, 6.45) is 3.35. The lowest BCUT2D eigenvalue weighted by molar-refractivity contribution is -0.119. The van der Waals surface area contributed by atoms with Crippen LogP contribution < -0.4 is 4.90 Å². The van der Waals surface area contributed by atoms with E-state index >= 15 is 0 Å². The third kappa shape index (κ3) is 2.63. The number of hydrogen-bond acceptors (Lipinski definition) is 4. The molecule has 0 saturated carbocycles. The molecule has 1 aromatic heterocycles. The summed E-state index contributed by atoms with van der Waals surface area (Å²) in [7, 11) is 0. The maximum absolute atomic E-state index is 12.5. The van der Waals surface area contributed by atoms with Crippen molar-refractivity contribution >= 4 is 23.4 Å². The van der Waals surface area contributed by atoms with E-state index in [1.807, 2.05) is 35.2 Å². The Hall–Kier alpha value is -1.82. The van der Waals surface area contributed by atoms with Crippen molar-refractivity contribution in [2.45, 2.75) is 23.2 Å². The minimum atomic E-state index is -0.0816. The molecule has 2 aromatic rings. The number of amides is 1. The molecule has 1 saturated heterocycles. The standard InChI is InChI=1S/C13H14N4OS/c18-12-11(19-13-14-9-15-16-13)7-4-8-17(12)10-5-2-1-3-6-10/h1-3,5-6,9,11H,4,7-8H2,(H,14,15,16). The first kappa shape index (κ1) is 12.2. The molecule has 1 amide bonds. The molecular weight excluding hydrogens is 260 g/mol. The van der Waals surface area contributed by atoms with Crippen molar-refractivity contribution in [3.63, 3.8) is 0 Å². The Bertz CT molecular complexity index is 543. The Labute approximate surface area is 115 Å². The number of benzene rings is 1. The second kappa shape index (κ2) is 5.44. The van der Waals surface area contributed by atoms with Gasteiger partial charge in [-0.15, -0.1) is 0 Å². The van der Waals surface area contributed by atoms with Gasteiger partial charge in [0, 0.05) is 12.2 Å². The van der Waals surface area contributed by atoms with Crippen molar-refractivity contribution in [3.05, 3.63) is 36.7 Å². The maximum atomic E-state index is 12.5. The van der Waals surface area contributed by atoms with E-state index in [2.05, 4.69) is 15.2 Å². The number of rotatable bonds is 3. The molecule has 2 heterocycles. The Morgan fingerprint density at radius 3 is 2.89 bits per heavy atom. The molecule has 1 aromatic carbocycles. The third-order valence-electron chi connectivity index (χ3n) is 3.10. The van der Waals surface area contributed by atoms with Crippen molar-refractivity contribution in [2.75, 3.05) is 11.4 Å². The zero-order valence-corrected chi connectivity index (χ0v) is 11.1. The predicted molar refractivity (Wildman–Crippen MR) is 74.1 cm³/mol. The number of piperidine rings is 1. The predicted octanol–water partition coefficient (Wildman–Crippen LogP) is 2.09. The van der Waals surface area contributed by atoms with Crippen LogP contribution >= 0.6 is 11.8 Å². The van der Waals surface area contributed by atoms with Crippen molar-refractivity contribution in [1.29, 1.82) is 0 Å². The summed E-state index contributed by atoms with van der Waals surface area (Å²) in [5.41, 5.74) is 0.968. The number of carbonyl (C=O) groups excluding carboxylic acids is 1. The third-order valence-corrected chi connectivity index (χ3v) is 4.25. The van der Waals surface area contributed by atoms with Crippen molar-refractivity contribution in [2.24, 2.45) is 0 Å². The Morgan fingerprint density at radius 1 is 1.32 bits per heavy atom. The lowest BCUT2D eigenvalue weighted by atomic mass is 10.1. The van der Waals surface area contributed by atoms with Gasteiger partial charge in [0.15, 0.2) is 5.16 Å². The summed E-state index contributed by atoms with van der Waals surface area (Å²) in [5, 5.41) is 7.22. The van der Waals surface area contributed by atoms with E-state index < -0.39 is 0 Å². The molecule has 1 unspecified atom stereocenters. The van der Waals surface area contributed by atoms with Crippen LogP contribution in [0, 0.1) is 0 Å². The molecule has 5 nitrogen and oxygen atoms in total. The summed E-state index contributed by atoms with van der Waals surface area (Å²) in [4.78, 5) is 18.4. The van der Waals surface area contributed by atoms with E-state index in [0.717, 1.165) is 25.1 Å². The van der Waals surface area contributed by atoms with Gasteiger partial charge in [0.2, 0.25) is 5.91 Å². The van der Waals surface area contributed by atoms with Crippen LogP contribution in [0.25, 0.3) is 0 Å². The van der Waals surface area contributed by atoms with E-state index in [0.29, 0.717) is 5.16 Å². The smallest absolute Gasteiger partial charge is 0.240 e. The minimum absolute atomic E-state index is 0.0816. The zero-order chi connectivity index (χ0) is 13.1. The van der Waals surface area contributed by atoms with Gasteiger partial charge in [0.25, 0.3) is 0 Å². The van der Waals surface area contributed by atoms with Crippen molar-refractivity contribution in [3.8, 4) is 0 Å². The van der Waals surface area contributed by atoms with Gasteiger partial charge in [-0.2, -0.15) is 5.10 Å². The van der Waals surface area contributed by atoms with Crippen LogP contribution in [0.3, 0.4) is 0 Å². The highest BCUT2D eigenvalue weighted by atomic mass is 32.2. The normalized spacial score (nSPS) is 19.7. The van der Waals surface area contributed by atoms with Crippen LogP contribution in [0.4, 0.5) is 5.69 Å². The van der Waals surface area contributed by atoms with Crippen LogP contribution in [0.1, 0.15) is 12.8 Å². The van der Waals surface area contributed by atoms with E-state index in [9.17, 15) is 4.79 Å². The van der Waals surface area contributed by atoms with Gasteiger partial charge in [-0.1, -0.05) is 30.0 Å². The Kier molecular flexibility index (Phi) is 3.50. The molecule has 0 bridgehead atoms. The molecule has 98 valence electrons. The van der Waals surface area contributed by atoms with E-state index in [-0.39, 0.29) is 11.2 Å².